The summed E-state index contributed by atoms with van der Waals surface area (Å²) in [6, 6.07) is 16.0. The van der Waals surface area contributed by atoms with E-state index in [2.05, 4.69) is 4.72 Å². The Balaban J connectivity index is 2.06. The zero-order valence-electron chi connectivity index (χ0n) is 11.1. The molecule has 0 aliphatic heterocycles. The van der Waals surface area contributed by atoms with E-state index >= 15 is 0 Å². The molecule has 0 unspecified atom stereocenters. The molecule has 20 heavy (non-hydrogen) atoms. The maximum Gasteiger partial charge on any atom is 0.216 e. The quantitative estimate of drug-likeness (QED) is 0.918. The van der Waals surface area contributed by atoms with Crippen molar-refractivity contribution in [3.63, 3.8) is 0 Å². The van der Waals surface area contributed by atoms with Gasteiger partial charge in [0.1, 0.15) is 0 Å². The standard InChI is InChI=1S/C15H16ClNO2S/c1-12(14-7-9-15(16)10-8-14)17-20(18,19)11-13-5-3-2-4-6-13/h2-10,12,17H,11H2,1H3/t12-/m1/s1. The minimum atomic E-state index is -3.38. The van der Waals surface area contributed by atoms with E-state index in [1.807, 2.05) is 37.3 Å². The Bertz CT molecular complexity index is 654. The third-order valence-electron chi connectivity index (χ3n) is 2.93. The van der Waals surface area contributed by atoms with Crippen molar-refractivity contribution in [2.75, 3.05) is 0 Å². The molecular formula is C15H16ClNO2S. The first-order valence-corrected chi connectivity index (χ1v) is 8.29. The second kappa shape index (κ2) is 6.39. The average molecular weight is 310 g/mol. The van der Waals surface area contributed by atoms with Crippen LogP contribution >= 0.6 is 11.6 Å². The van der Waals surface area contributed by atoms with E-state index < -0.39 is 10.0 Å². The van der Waals surface area contributed by atoms with Crippen LogP contribution in [-0.4, -0.2) is 8.42 Å². The average Bonchev–Trinajstić information content (AvgIpc) is 2.39. The number of hydrogen-bond acceptors (Lipinski definition) is 2. The topological polar surface area (TPSA) is 46.2 Å². The summed E-state index contributed by atoms with van der Waals surface area (Å²) in [7, 11) is -3.38. The molecule has 0 aliphatic rings. The number of benzene rings is 2. The molecule has 0 bridgehead atoms. The number of sulfonamides is 1. The zero-order chi connectivity index (χ0) is 14.6. The van der Waals surface area contributed by atoms with Gasteiger partial charge in [-0.1, -0.05) is 54.1 Å². The van der Waals surface area contributed by atoms with Gasteiger partial charge in [0.25, 0.3) is 0 Å². The maximum absolute atomic E-state index is 12.1. The lowest BCUT2D eigenvalue weighted by Crippen LogP contribution is -2.28. The molecule has 0 radical (unpaired) electrons. The monoisotopic (exact) mass is 309 g/mol. The Kier molecular flexibility index (Phi) is 4.81. The first-order valence-electron chi connectivity index (χ1n) is 6.26. The van der Waals surface area contributed by atoms with Crippen molar-refractivity contribution in [3.8, 4) is 0 Å². The summed E-state index contributed by atoms with van der Waals surface area (Å²) in [5.74, 6) is -0.0221. The Morgan fingerprint density at radius 1 is 1.05 bits per heavy atom. The smallest absolute Gasteiger partial charge is 0.212 e. The van der Waals surface area contributed by atoms with Crippen molar-refractivity contribution in [1.29, 1.82) is 0 Å². The highest BCUT2D eigenvalue weighted by Crippen LogP contribution is 2.17. The largest absolute Gasteiger partial charge is 0.216 e. The van der Waals surface area contributed by atoms with Crippen LogP contribution in [0.3, 0.4) is 0 Å². The number of nitrogens with one attached hydrogen (secondary N) is 1. The lowest BCUT2D eigenvalue weighted by atomic mass is 10.1. The lowest BCUT2D eigenvalue weighted by molar-refractivity contribution is 0.566. The predicted octanol–water partition coefficient (Wildman–Crippen LogP) is 3.52. The summed E-state index contributed by atoms with van der Waals surface area (Å²) >= 11 is 5.82. The third-order valence-corrected chi connectivity index (χ3v) is 4.60. The van der Waals surface area contributed by atoms with Crippen LogP contribution in [0.15, 0.2) is 54.6 Å². The Morgan fingerprint density at radius 2 is 1.65 bits per heavy atom. The molecule has 2 aromatic rings. The van der Waals surface area contributed by atoms with Gasteiger partial charge in [0.2, 0.25) is 10.0 Å². The minimum Gasteiger partial charge on any atom is -0.212 e. The summed E-state index contributed by atoms with van der Waals surface area (Å²) in [6.45, 7) is 1.81. The van der Waals surface area contributed by atoms with Crippen LogP contribution in [0.1, 0.15) is 24.1 Å². The molecule has 2 rings (SSSR count). The molecule has 0 aliphatic carbocycles. The Labute approximate surface area is 124 Å². The van der Waals surface area contributed by atoms with Crippen LogP contribution < -0.4 is 4.72 Å². The number of halogens is 1. The highest BCUT2D eigenvalue weighted by atomic mass is 35.5. The van der Waals surface area contributed by atoms with Gasteiger partial charge in [0.15, 0.2) is 0 Å². The van der Waals surface area contributed by atoms with Crippen LogP contribution in [0.25, 0.3) is 0 Å². The molecule has 0 spiro atoms. The molecule has 0 amide bonds. The van der Waals surface area contributed by atoms with Crippen molar-refractivity contribution < 1.29 is 8.42 Å². The Morgan fingerprint density at radius 3 is 2.25 bits per heavy atom. The molecule has 1 N–H and O–H groups in total. The lowest BCUT2D eigenvalue weighted by Gasteiger charge is -2.14. The first kappa shape index (κ1) is 15.0. The molecule has 0 heterocycles. The van der Waals surface area contributed by atoms with Crippen molar-refractivity contribution in [2.45, 2.75) is 18.7 Å². The van der Waals surface area contributed by atoms with Crippen LogP contribution in [-0.2, 0) is 15.8 Å². The molecule has 1 atom stereocenters. The van der Waals surface area contributed by atoms with Crippen molar-refractivity contribution >= 4 is 21.6 Å². The summed E-state index contributed by atoms with van der Waals surface area (Å²) in [5.41, 5.74) is 1.65. The summed E-state index contributed by atoms with van der Waals surface area (Å²) in [5, 5.41) is 0.632. The fourth-order valence-electron chi connectivity index (χ4n) is 1.92. The van der Waals surface area contributed by atoms with Gasteiger partial charge < -0.3 is 0 Å². The van der Waals surface area contributed by atoms with E-state index in [0.29, 0.717) is 5.02 Å². The van der Waals surface area contributed by atoms with Crippen LogP contribution in [0, 0.1) is 0 Å². The van der Waals surface area contributed by atoms with Crippen molar-refractivity contribution in [1.82, 2.24) is 4.72 Å². The summed E-state index contributed by atoms with van der Waals surface area (Å²) in [6.07, 6.45) is 0. The molecule has 0 saturated heterocycles. The number of rotatable bonds is 5. The molecule has 2 aromatic carbocycles. The fourth-order valence-corrected chi connectivity index (χ4v) is 3.44. The summed E-state index contributed by atoms with van der Waals surface area (Å²) < 4.78 is 26.9. The zero-order valence-corrected chi connectivity index (χ0v) is 12.7. The molecule has 0 fully saturated rings. The first-order chi connectivity index (χ1) is 9.46. The summed E-state index contributed by atoms with van der Waals surface area (Å²) in [4.78, 5) is 0. The maximum atomic E-state index is 12.1. The molecule has 5 heteroatoms. The van der Waals surface area contributed by atoms with E-state index in [9.17, 15) is 8.42 Å². The fraction of sp³-hybridized carbons (Fsp3) is 0.200. The molecule has 106 valence electrons. The van der Waals surface area contributed by atoms with Crippen molar-refractivity contribution in [3.05, 3.63) is 70.7 Å². The van der Waals surface area contributed by atoms with Crippen molar-refractivity contribution in [2.24, 2.45) is 0 Å². The van der Waals surface area contributed by atoms with E-state index in [1.165, 1.54) is 0 Å². The van der Waals surface area contributed by atoms with Gasteiger partial charge in [-0.15, -0.1) is 0 Å². The second-order valence-corrected chi connectivity index (χ2v) is 6.83. The van der Waals surface area contributed by atoms with Crippen LogP contribution in [0.4, 0.5) is 0 Å². The minimum absolute atomic E-state index is 0.0221. The molecule has 3 nitrogen and oxygen atoms in total. The van der Waals surface area contributed by atoms with Gasteiger partial charge in [-0.3, -0.25) is 0 Å². The van der Waals surface area contributed by atoms with E-state index in [1.54, 1.807) is 24.3 Å². The third kappa shape index (κ3) is 4.34. The van der Waals surface area contributed by atoms with Gasteiger partial charge in [-0.25, -0.2) is 13.1 Å². The van der Waals surface area contributed by atoms with Gasteiger partial charge in [-0.05, 0) is 30.2 Å². The van der Waals surface area contributed by atoms with Gasteiger partial charge in [0.05, 0.1) is 5.75 Å². The highest BCUT2D eigenvalue weighted by Gasteiger charge is 2.16. The van der Waals surface area contributed by atoms with E-state index in [0.717, 1.165) is 11.1 Å². The normalized spacial score (nSPS) is 13.1. The molecular weight excluding hydrogens is 294 g/mol. The molecule has 0 aromatic heterocycles. The highest BCUT2D eigenvalue weighted by molar-refractivity contribution is 7.88. The number of hydrogen-bond donors (Lipinski definition) is 1. The Hall–Kier alpha value is -1.36. The van der Waals surface area contributed by atoms with E-state index in [4.69, 9.17) is 11.6 Å². The predicted molar refractivity (Wildman–Crippen MR) is 82.1 cm³/mol. The van der Waals surface area contributed by atoms with Gasteiger partial charge in [-0.2, -0.15) is 0 Å². The second-order valence-electron chi connectivity index (χ2n) is 4.64. The SMILES string of the molecule is C[C@@H](NS(=O)(=O)Cc1ccccc1)c1ccc(Cl)cc1. The van der Waals surface area contributed by atoms with E-state index in [-0.39, 0.29) is 11.8 Å². The van der Waals surface area contributed by atoms with Gasteiger partial charge in [0, 0.05) is 11.1 Å². The molecule has 0 saturated carbocycles. The van der Waals surface area contributed by atoms with Crippen LogP contribution in [0.5, 0.6) is 0 Å². The van der Waals surface area contributed by atoms with Crippen LogP contribution in [0.2, 0.25) is 5.02 Å². The van der Waals surface area contributed by atoms with Gasteiger partial charge >= 0.3 is 0 Å².